The van der Waals surface area contributed by atoms with Gasteiger partial charge in [-0.3, -0.25) is 0 Å². The lowest BCUT2D eigenvalue weighted by atomic mass is 9.77. The second-order valence-electron chi connectivity index (χ2n) is 6.64. The van der Waals surface area contributed by atoms with Gasteiger partial charge >= 0.3 is 12.6 Å². The molecule has 0 saturated heterocycles. The first-order chi connectivity index (χ1) is 12.9. The molecule has 0 spiro atoms. The van der Waals surface area contributed by atoms with E-state index in [9.17, 15) is 18.0 Å². The molecule has 1 aliphatic carbocycles. The van der Waals surface area contributed by atoms with Gasteiger partial charge in [0.05, 0.1) is 11.6 Å². The maximum atomic E-state index is 14.6. The quantitative estimate of drug-likeness (QED) is 0.743. The molecule has 0 aromatic heterocycles. The molecule has 0 unspecified atom stereocenters. The molecule has 7 heteroatoms. The zero-order chi connectivity index (χ0) is 19.1. The fraction of sp³-hybridized carbons (Fsp3) is 0.250. The highest BCUT2D eigenvalue weighted by molar-refractivity contribution is 5.87. The Morgan fingerprint density at radius 3 is 2.70 bits per heavy atom. The monoisotopic (exact) mass is 375 g/mol. The van der Waals surface area contributed by atoms with Gasteiger partial charge in [-0.05, 0) is 48.2 Å². The first-order valence-electron chi connectivity index (χ1n) is 8.48. The number of rotatable bonds is 4. The number of carbonyl (C=O) groups is 1. The van der Waals surface area contributed by atoms with Gasteiger partial charge in [0.1, 0.15) is 11.6 Å². The third-order valence-electron chi connectivity index (χ3n) is 5.14. The minimum atomic E-state index is -2.90. The summed E-state index contributed by atoms with van der Waals surface area (Å²) in [4.78, 5) is 11.0. The molecule has 2 aliphatic rings. The van der Waals surface area contributed by atoms with Crippen molar-refractivity contribution in [1.82, 2.24) is 0 Å². The summed E-state index contributed by atoms with van der Waals surface area (Å²) in [5, 5.41) is 12.3. The van der Waals surface area contributed by atoms with Crippen molar-refractivity contribution in [3.05, 3.63) is 71.1 Å². The number of aromatic carboxylic acids is 1. The fourth-order valence-corrected chi connectivity index (χ4v) is 3.97. The number of carboxylic acids is 1. The van der Waals surface area contributed by atoms with Crippen LogP contribution in [0.25, 0.3) is 0 Å². The summed E-state index contributed by atoms with van der Waals surface area (Å²) in [7, 11) is 0. The largest absolute Gasteiger partial charge is 0.478 e. The van der Waals surface area contributed by atoms with Crippen LogP contribution in [-0.4, -0.2) is 17.7 Å². The molecule has 27 heavy (non-hydrogen) atoms. The summed E-state index contributed by atoms with van der Waals surface area (Å²) in [5.74, 6) is -1.76. The van der Waals surface area contributed by atoms with Crippen LogP contribution in [0.5, 0.6) is 5.75 Å². The van der Waals surface area contributed by atoms with Gasteiger partial charge < -0.3 is 15.2 Å². The highest BCUT2D eigenvalue weighted by Crippen LogP contribution is 2.50. The van der Waals surface area contributed by atoms with Crippen molar-refractivity contribution in [2.45, 2.75) is 25.0 Å². The molecular formula is C20H16F3NO3. The van der Waals surface area contributed by atoms with Crippen LogP contribution >= 0.6 is 0 Å². The van der Waals surface area contributed by atoms with Crippen LogP contribution < -0.4 is 10.1 Å². The topological polar surface area (TPSA) is 58.6 Å². The lowest BCUT2D eigenvalue weighted by Gasteiger charge is -2.37. The maximum Gasteiger partial charge on any atom is 0.387 e. The van der Waals surface area contributed by atoms with E-state index in [0.29, 0.717) is 12.0 Å². The van der Waals surface area contributed by atoms with E-state index >= 15 is 0 Å². The van der Waals surface area contributed by atoms with Crippen LogP contribution in [0.3, 0.4) is 0 Å². The van der Waals surface area contributed by atoms with Crippen molar-refractivity contribution < 1.29 is 27.8 Å². The van der Waals surface area contributed by atoms with Crippen LogP contribution in [-0.2, 0) is 0 Å². The highest BCUT2D eigenvalue weighted by atomic mass is 19.3. The zero-order valence-corrected chi connectivity index (χ0v) is 14.0. The Bertz CT molecular complexity index is 929. The molecule has 140 valence electrons. The van der Waals surface area contributed by atoms with Crippen LogP contribution in [0.1, 0.15) is 39.9 Å². The van der Waals surface area contributed by atoms with Gasteiger partial charge in [-0.2, -0.15) is 8.78 Å². The Hall–Kier alpha value is -2.96. The molecule has 0 radical (unpaired) electrons. The van der Waals surface area contributed by atoms with Gasteiger partial charge in [0, 0.05) is 17.2 Å². The summed E-state index contributed by atoms with van der Waals surface area (Å²) in [6, 6.07) is 8.21. The zero-order valence-electron chi connectivity index (χ0n) is 14.0. The second-order valence-corrected chi connectivity index (χ2v) is 6.64. The van der Waals surface area contributed by atoms with Gasteiger partial charge in [0.2, 0.25) is 0 Å². The Kier molecular flexibility index (Phi) is 4.30. The lowest BCUT2D eigenvalue weighted by molar-refractivity contribution is -0.0499. The number of alkyl halides is 2. The van der Waals surface area contributed by atoms with Gasteiger partial charge in [-0.25, -0.2) is 9.18 Å². The van der Waals surface area contributed by atoms with Crippen molar-refractivity contribution >= 4 is 11.7 Å². The molecule has 1 heterocycles. The van der Waals surface area contributed by atoms with Gasteiger partial charge in [0.25, 0.3) is 0 Å². The summed E-state index contributed by atoms with van der Waals surface area (Å²) in [6.45, 7) is -2.90. The predicted octanol–water partition coefficient (Wildman–Crippen LogP) is 4.95. The number of fused-ring (bicyclic) bond motifs is 3. The van der Waals surface area contributed by atoms with E-state index in [4.69, 9.17) is 5.11 Å². The molecular weight excluding hydrogens is 359 g/mol. The molecule has 1 aliphatic heterocycles. The number of halogens is 3. The van der Waals surface area contributed by atoms with Crippen molar-refractivity contribution in [2.24, 2.45) is 5.92 Å². The van der Waals surface area contributed by atoms with Crippen molar-refractivity contribution in [3.8, 4) is 5.75 Å². The molecule has 2 aromatic rings. The van der Waals surface area contributed by atoms with Crippen molar-refractivity contribution in [2.75, 3.05) is 5.32 Å². The smallest absolute Gasteiger partial charge is 0.387 e. The van der Waals surface area contributed by atoms with Crippen LogP contribution in [0.15, 0.2) is 48.6 Å². The molecule has 0 amide bonds. The molecule has 2 N–H and O–H groups in total. The molecule has 0 bridgehead atoms. The maximum absolute atomic E-state index is 14.6. The molecule has 4 rings (SSSR count). The van der Waals surface area contributed by atoms with Crippen LogP contribution in [0.2, 0.25) is 0 Å². The second kappa shape index (κ2) is 6.64. The summed E-state index contributed by atoms with van der Waals surface area (Å²) in [6.07, 6.45) is 4.68. The van der Waals surface area contributed by atoms with Crippen LogP contribution in [0, 0.1) is 11.7 Å². The average Bonchev–Trinajstić information content (AvgIpc) is 3.11. The van der Waals surface area contributed by atoms with Gasteiger partial charge in [-0.1, -0.05) is 18.2 Å². The molecule has 0 saturated carbocycles. The van der Waals surface area contributed by atoms with Gasteiger partial charge in [-0.15, -0.1) is 0 Å². The average molecular weight is 375 g/mol. The molecule has 2 aromatic carbocycles. The summed E-state index contributed by atoms with van der Waals surface area (Å²) >= 11 is 0. The normalized spacial score (nSPS) is 22.9. The van der Waals surface area contributed by atoms with E-state index in [2.05, 4.69) is 10.1 Å². The standard InChI is InChI=1S/C20H16F3NO3/c21-16-8-10(19(25)26)4-6-14(16)18-13-3-1-2-12(13)15-9-11(27-20(22)23)5-7-17(15)24-18/h1-2,4-9,12-13,18,20,24H,3H2,(H,25,26)/t12-,13+,18-/m1/s1. The van der Waals surface area contributed by atoms with Crippen molar-refractivity contribution in [1.29, 1.82) is 0 Å². The third kappa shape index (κ3) is 3.13. The van der Waals surface area contributed by atoms with E-state index in [1.54, 1.807) is 12.1 Å². The van der Waals surface area contributed by atoms with Crippen LogP contribution in [0.4, 0.5) is 18.9 Å². The number of allylic oxidation sites excluding steroid dienone is 2. The summed E-state index contributed by atoms with van der Waals surface area (Å²) in [5.41, 5.74) is 1.82. The van der Waals surface area contributed by atoms with E-state index in [-0.39, 0.29) is 29.2 Å². The third-order valence-corrected chi connectivity index (χ3v) is 5.14. The van der Waals surface area contributed by atoms with Crippen molar-refractivity contribution in [3.63, 3.8) is 0 Å². The first-order valence-corrected chi connectivity index (χ1v) is 8.48. The van der Waals surface area contributed by atoms with E-state index < -0.39 is 18.4 Å². The highest BCUT2D eigenvalue weighted by Gasteiger charge is 2.39. The Labute approximate surface area is 153 Å². The number of anilines is 1. The Balaban J connectivity index is 1.71. The predicted molar refractivity (Wildman–Crippen MR) is 92.8 cm³/mol. The number of hydrogen-bond acceptors (Lipinski definition) is 3. The minimum absolute atomic E-state index is 0.00974. The molecule has 4 nitrogen and oxygen atoms in total. The number of carboxylic acid groups (broad SMARTS) is 1. The van der Waals surface area contributed by atoms with E-state index in [1.807, 2.05) is 12.2 Å². The lowest BCUT2D eigenvalue weighted by Crippen LogP contribution is -2.29. The molecule has 3 atom stereocenters. The first kappa shape index (κ1) is 17.5. The van der Waals surface area contributed by atoms with E-state index in [1.165, 1.54) is 18.2 Å². The minimum Gasteiger partial charge on any atom is -0.478 e. The van der Waals surface area contributed by atoms with E-state index in [0.717, 1.165) is 17.3 Å². The SMILES string of the molecule is O=C(O)c1ccc([C@@H]2Nc3ccc(OC(F)F)cc3[C@@H]3C=CC[C@@H]32)c(F)c1. The Morgan fingerprint density at radius 1 is 1.19 bits per heavy atom. The number of ether oxygens (including phenoxy) is 1. The number of nitrogens with one attached hydrogen (secondary N) is 1. The van der Waals surface area contributed by atoms with Gasteiger partial charge in [0.15, 0.2) is 0 Å². The molecule has 0 fully saturated rings. The Morgan fingerprint density at radius 2 is 2.00 bits per heavy atom. The number of benzene rings is 2. The summed E-state index contributed by atoms with van der Waals surface area (Å²) < 4.78 is 44.1. The fourth-order valence-electron chi connectivity index (χ4n) is 3.97. The number of hydrogen-bond donors (Lipinski definition) is 2.